The van der Waals surface area contributed by atoms with Crippen LogP contribution in [0.3, 0.4) is 0 Å². The maximum Gasteiger partial charge on any atom is 0.0791 e. The molecular formula is C15H21N3. The van der Waals surface area contributed by atoms with Crippen LogP contribution in [0.4, 0.5) is 0 Å². The summed E-state index contributed by atoms with van der Waals surface area (Å²) in [6.45, 7) is 8.20. The molecule has 1 N–H and O–H groups in total. The first-order valence-corrected chi connectivity index (χ1v) is 6.52. The van der Waals surface area contributed by atoms with Gasteiger partial charge in [0.05, 0.1) is 5.69 Å². The molecule has 0 fully saturated rings. The van der Waals surface area contributed by atoms with Crippen LogP contribution in [0.1, 0.15) is 36.7 Å². The fourth-order valence-corrected chi connectivity index (χ4v) is 1.96. The lowest BCUT2D eigenvalue weighted by Gasteiger charge is -2.13. The van der Waals surface area contributed by atoms with Crippen LogP contribution in [0, 0.1) is 6.92 Å². The van der Waals surface area contributed by atoms with Crippen molar-refractivity contribution >= 4 is 0 Å². The third-order valence-electron chi connectivity index (χ3n) is 3.29. The predicted octanol–water partition coefficient (Wildman–Crippen LogP) is 3.06. The second-order valence-corrected chi connectivity index (χ2v) is 4.63. The monoisotopic (exact) mass is 243 g/mol. The zero-order valence-corrected chi connectivity index (χ0v) is 11.4. The van der Waals surface area contributed by atoms with Crippen molar-refractivity contribution in [3.05, 3.63) is 53.3 Å². The molecule has 0 saturated heterocycles. The van der Waals surface area contributed by atoms with Crippen molar-refractivity contribution in [1.29, 1.82) is 0 Å². The molecule has 1 unspecified atom stereocenters. The molecule has 0 aliphatic heterocycles. The third kappa shape index (κ3) is 2.99. The van der Waals surface area contributed by atoms with Crippen LogP contribution >= 0.6 is 0 Å². The highest BCUT2D eigenvalue weighted by Gasteiger charge is 2.08. The van der Waals surface area contributed by atoms with E-state index < -0.39 is 0 Å². The second-order valence-electron chi connectivity index (χ2n) is 4.63. The van der Waals surface area contributed by atoms with Crippen molar-refractivity contribution < 1.29 is 0 Å². The fraction of sp³-hybridized carbons (Fsp3) is 0.400. The van der Waals surface area contributed by atoms with Gasteiger partial charge in [0.15, 0.2) is 0 Å². The van der Waals surface area contributed by atoms with Crippen molar-refractivity contribution in [2.75, 3.05) is 0 Å². The average molecular weight is 243 g/mol. The van der Waals surface area contributed by atoms with Gasteiger partial charge in [-0.2, -0.15) is 5.10 Å². The SMILES string of the molecule is CCn1ccc(C(C)NCc2ccccc2C)n1. The molecule has 1 heterocycles. The summed E-state index contributed by atoms with van der Waals surface area (Å²) < 4.78 is 1.96. The Labute approximate surface area is 109 Å². The van der Waals surface area contributed by atoms with Gasteiger partial charge in [-0.05, 0) is 38.0 Å². The van der Waals surface area contributed by atoms with E-state index in [-0.39, 0.29) is 6.04 Å². The Balaban J connectivity index is 1.96. The smallest absolute Gasteiger partial charge is 0.0791 e. The van der Waals surface area contributed by atoms with Crippen LogP contribution in [-0.4, -0.2) is 9.78 Å². The van der Waals surface area contributed by atoms with Gasteiger partial charge in [0.1, 0.15) is 0 Å². The van der Waals surface area contributed by atoms with Crippen LogP contribution in [0.25, 0.3) is 0 Å². The summed E-state index contributed by atoms with van der Waals surface area (Å²) in [5, 5.41) is 8.04. The lowest BCUT2D eigenvalue weighted by atomic mass is 10.1. The molecule has 0 bridgehead atoms. The summed E-state index contributed by atoms with van der Waals surface area (Å²) in [5.41, 5.74) is 3.78. The molecule has 96 valence electrons. The highest BCUT2D eigenvalue weighted by molar-refractivity contribution is 5.25. The van der Waals surface area contributed by atoms with E-state index in [1.165, 1.54) is 11.1 Å². The van der Waals surface area contributed by atoms with Gasteiger partial charge in [-0.25, -0.2) is 0 Å². The number of nitrogens with zero attached hydrogens (tertiary/aromatic N) is 2. The molecule has 0 aliphatic rings. The van der Waals surface area contributed by atoms with Crippen molar-refractivity contribution in [3.8, 4) is 0 Å². The van der Waals surface area contributed by atoms with Gasteiger partial charge in [-0.3, -0.25) is 4.68 Å². The number of aromatic nitrogens is 2. The number of hydrogen-bond acceptors (Lipinski definition) is 2. The Morgan fingerprint density at radius 3 is 2.72 bits per heavy atom. The second kappa shape index (κ2) is 5.83. The zero-order valence-electron chi connectivity index (χ0n) is 11.4. The number of benzene rings is 1. The number of aryl methyl sites for hydroxylation is 2. The topological polar surface area (TPSA) is 29.9 Å². The summed E-state index contributed by atoms with van der Waals surface area (Å²) in [7, 11) is 0. The van der Waals surface area contributed by atoms with Crippen LogP contribution in [0.5, 0.6) is 0 Å². The zero-order chi connectivity index (χ0) is 13.0. The minimum absolute atomic E-state index is 0.275. The van der Waals surface area contributed by atoms with E-state index in [0.717, 1.165) is 18.8 Å². The lowest BCUT2D eigenvalue weighted by Crippen LogP contribution is -2.19. The summed E-state index contributed by atoms with van der Waals surface area (Å²) in [6.07, 6.45) is 2.03. The average Bonchev–Trinajstić information content (AvgIpc) is 2.86. The summed E-state index contributed by atoms with van der Waals surface area (Å²) >= 11 is 0. The van der Waals surface area contributed by atoms with Gasteiger partial charge in [-0.1, -0.05) is 24.3 Å². The first kappa shape index (κ1) is 12.8. The molecule has 0 spiro atoms. The Kier molecular flexibility index (Phi) is 4.15. The summed E-state index contributed by atoms with van der Waals surface area (Å²) in [4.78, 5) is 0. The Hall–Kier alpha value is -1.61. The van der Waals surface area contributed by atoms with Crippen LogP contribution < -0.4 is 5.32 Å². The van der Waals surface area contributed by atoms with E-state index in [4.69, 9.17) is 0 Å². The van der Waals surface area contributed by atoms with E-state index in [0.29, 0.717) is 0 Å². The van der Waals surface area contributed by atoms with Gasteiger partial charge >= 0.3 is 0 Å². The number of hydrogen-bond donors (Lipinski definition) is 1. The molecular weight excluding hydrogens is 222 g/mol. The quantitative estimate of drug-likeness (QED) is 0.874. The molecule has 0 aliphatic carbocycles. The minimum Gasteiger partial charge on any atom is -0.305 e. The maximum absolute atomic E-state index is 4.52. The first-order chi connectivity index (χ1) is 8.70. The third-order valence-corrected chi connectivity index (χ3v) is 3.29. The fourth-order valence-electron chi connectivity index (χ4n) is 1.96. The standard InChI is InChI=1S/C15H21N3/c1-4-18-10-9-15(17-18)13(3)16-11-14-8-6-5-7-12(14)2/h5-10,13,16H,4,11H2,1-3H3. The van der Waals surface area contributed by atoms with Crippen LogP contribution in [-0.2, 0) is 13.1 Å². The van der Waals surface area contributed by atoms with E-state index in [9.17, 15) is 0 Å². The molecule has 0 amide bonds. The van der Waals surface area contributed by atoms with Gasteiger partial charge in [-0.15, -0.1) is 0 Å². The van der Waals surface area contributed by atoms with E-state index >= 15 is 0 Å². The largest absolute Gasteiger partial charge is 0.305 e. The molecule has 0 radical (unpaired) electrons. The Morgan fingerprint density at radius 1 is 1.28 bits per heavy atom. The normalized spacial score (nSPS) is 12.6. The predicted molar refractivity (Wildman–Crippen MR) is 74.3 cm³/mol. The molecule has 1 atom stereocenters. The maximum atomic E-state index is 4.52. The van der Waals surface area contributed by atoms with Crippen molar-refractivity contribution in [2.45, 2.75) is 39.9 Å². The Morgan fingerprint density at radius 2 is 2.06 bits per heavy atom. The van der Waals surface area contributed by atoms with Crippen LogP contribution in [0.15, 0.2) is 36.5 Å². The van der Waals surface area contributed by atoms with Crippen LogP contribution in [0.2, 0.25) is 0 Å². The van der Waals surface area contributed by atoms with E-state index in [1.54, 1.807) is 0 Å². The summed E-state index contributed by atoms with van der Waals surface area (Å²) in [5.74, 6) is 0. The molecule has 2 rings (SSSR count). The molecule has 1 aromatic heterocycles. The Bertz CT molecular complexity index is 502. The van der Waals surface area contributed by atoms with Gasteiger partial charge in [0.25, 0.3) is 0 Å². The van der Waals surface area contributed by atoms with Crippen molar-refractivity contribution in [1.82, 2.24) is 15.1 Å². The van der Waals surface area contributed by atoms with Gasteiger partial charge in [0, 0.05) is 25.3 Å². The first-order valence-electron chi connectivity index (χ1n) is 6.52. The molecule has 18 heavy (non-hydrogen) atoms. The van der Waals surface area contributed by atoms with Gasteiger partial charge in [0.2, 0.25) is 0 Å². The number of nitrogens with one attached hydrogen (secondary N) is 1. The van der Waals surface area contributed by atoms with Gasteiger partial charge < -0.3 is 5.32 Å². The molecule has 1 aromatic carbocycles. The highest BCUT2D eigenvalue weighted by atomic mass is 15.3. The van der Waals surface area contributed by atoms with Crippen molar-refractivity contribution in [2.24, 2.45) is 0 Å². The molecule has 3 heteroatoms. The number of rotatable bonds is 5. The molecule has 0 saturated carbocycles. The molecule has 2 aromatic rings. The van der Waals surface area contributed by atoms with Crippen molar-refractivity contribution in [3.63, 3.8) is 0 Å². The molecule has 3 nitrogen and oxygen atoms in total. The lowest BCUT2D eigenvalue weighted by molar-refractivity contribution is 0.542. The summed E-state index contributed by atoms with van der Waals surface area (Å²) in [6, 6.07) is 10.8. The van der Waals surface area contributed by atoms with E-state index in [2.05, 4.69) is 61.5 Å². The highest BCUT2D eigenvalue weighted by Crippen LogP contribution is 2.12. The minimum atomic E-state index is 0.275. The van der Waals surface area contributed by atoms with E-state index in [1.807, 2.05) is 10.9 Å².